The van der Waals surface area contributed by atoms with Gasteiger partial charge in [-0.15, -0.1) is 0 Å². The van der Waals surface area contributed by atoms with Crippen LogP contribution in [0.25, 0.3) is 99.8 Å². The molecule has 5 heteroatoms. The maximum Gasteiger partial charge on any atom is 0.116 e. The van der Waals surface area contributed by atoms with Crippen LogP contribution in [0.3, 0.4) is 0 Å². The fourth-order valence-electron chi connectivity index (χ4n) is 8.18. The largest absolute Gasteiger partial charge is 0.309 e. The van der Waals surface area contributed by atoms with Crippen molar-refractivity contribution in [1.82, 2.24) is 24.1 Å². The molecule has 7 aromatic carbocycles. The number of benzene rings is 7. The van der Waals surface area contributed by atoms with E-state index < -0.39 is 0 Å². The summed E-state index contributed by atoms with van der Waals surface area (Å²) < 4.78 is 4.76. The van der Waals surface area contributed by atoms with Crippen LogP contribution < -0.4 is 0 Å². The second kappa shape index (κ2) is 12.1. The molecule has 11 rings (SSSR count). The number of para-hydroxylation sites is 4. The summed E-state index contributed by atoms with van der Waals surface area (Å²) in [5, 5.41) is 4.86. The van der Waals surface area contributed by atoms with Gasteiger partial charge in [0.05, 0.1) is 44.7 Å². The van der Waals surface area contributed by atoms with E-state index in [9.17, 15) is 0 Å². The van der Waals surface area contributed by atoms with Crippen LogP contribution in [0.1, 0.15) is 0 Å². The minimum absolute atomic E-state index is 0.753. The molecule has 0 unspecified atom stereocenters. The van der Waals surface area contributed by atoms with E-state index in [2.05, 4.69) is 149 Å². The van der Waals surface area contributed by atoms with Gasteiger partial charge in [-0.1, -0.05) is 133 Å². The molecule has 0 aliphatic heterocycles. The van der Waals surface area contributed by atoms with Crippen molar-refractivity contribution in [3.05, 3.63) is 188 Å². The summed E-state index contributed by atoms with van der Waals surface area (Å²) in [7, 11) is 0. The highest BCUT2D eigenvalue weighted by molar-refractivity contribution is 6.11. The Labute approximate surface area is 311 Å². The lowest BCUT2D eigenvalue weighted by Crippen LogP contribution is -2.02. The Balaban J connectivity index is 1.24. The molecular weight excluding hydrogens is 659 g/mol. The van der Waals surface area contributed by atoms with E-state index >= 15 is 0 Å². The Kier molecular flexibility index (Phi) is 6.79. The van der Waals surface area contributed by atoms with Crippen LogP contribution in [0.5, 0.6) is 0 Å². The van der Waals surface area contributed by atoms with Gasteiger partial charge in [0.25, 0.3) is 0 Å². The molecule has 0 amide bonds. The highest BCUT2D eigenvalue weighted by Gasteiger charge is 2.20. The van der Waals surface area contributed by atoms with Gasteiger partial charge in [-0.05, 0) is 48.5 Å². The smallest absolute Gasteiger partial charge is 0.116 e. The minimum Gasteiger partial charge on any atom is -0.309 e. The summed E-state index contributed by atoms with van der Waals surface area (Å²) >= 11 is 0. The van der Waals surface area contributed by atoms with Crippen LogP contribution in [0.4, 0.5) is 0 Å². The van der Waals surface area contributed by atoms with E-state index in [4.69, 9.17) is 15.0 Å². The van der Waals surface area contributed by atoms with E-state index in [1.165, 1.54) is 21.5 Å². The molecule has 0 radical (unpaired) electrons. The van der Waals surface area contributed by atoms with E-state index in [1.807, 2.05) is 48.7 Å². The Hall–Kier alpha value is -7.37. The lowest BCUT2D eigenvalue weighted by molar-refractivity contribution is 1.13. The van der Waals surface area contributed by atoms with E-state index in [1.54, 1.807) is 0 Å². The average molecular weight is 690 g/mol. The van der Waals surface area contributed by atoms with Crippen molar-refractivity contribution in [2.24, 2.45) is 0 Å². The standard InChI is InChI=1S/C49H31N5/c1-3-15-32(16-4-1)47-48(33-17-5-2-6-18-33)52-49-41(51-47)27-28-50-46(49)34-29-35(53-42-23-11-7-19-37(42)38-20-8-12-24-43(38)53)31-36(30-34)54-44-25-13-9-21-39(44)40-22-10-14-26-45(40)54/h1-31H. The van der Waals surface area contributed by atoms with Crippen LogP contribution in [-0.2, 0) is 0 Å². The lowest BCUT2D eigenvalue weighted by Gasteiger charge is -2.17. The molecular formula is C49H31N5. The fraction of sp³-hybridized carbons (Fsp3) is 0. The van der Waals surface area contributed by atoms with Crippen molar-refractivity contribution < 1.29 is 0 Å². The first kappa shape index (κ1) is 30.3. The van der Waals surface area contributed by atoms with Crippen molar-refractivity contribution in [2.75, 3.05) is 0 Å². The van der Waals surface area contributed by atoms with Gasteiger partial charge in [-0.25, -0.2) is 9.97 Å². The van der Waals surface area contributed by atoms with Crippen LogP contribution in [0.2, 0.25) is 0 Å². The number of rotatable bonds is 5. The van der Waals surface area contributed by atoms with Crippen LogP contribution in [-0.4, -0.2) is 24.1 Å². The van der Waals surface area contributed by atoms with Gasteiger partial charge in [-0.2, -0.15) is 0 Å². The first-order chi connectivity index (χ1) is 26.8. The molecule has 54 heavy (non-hydrogen) atoms. The molecule has 252 valence electrons. The van der Waals surface area contributed by atoms with Crippen molar-refractivity contribution in [3.8, 4) is 45.1 Å². The first-order valence-corrected chi connectivity index (χ1v) is 18.2. The summed E-state index contributed by atoms with van der Waals surface area (Å²) in [4.78, 5) is 15.8. The minimum atomic E-state index is 0.753. The Morgan fingerprint density at radius 3 is 1.20 bits per heavy atom. The quantitative estimate of drug-likeness (QED) is 0.181. The van der Waals surface area contributed by atoms with Gasteiger partial charge < -0.3 is 9.13 Å². The first-order valence-electron chi connectivity index (χ1n) is 18.2. The summed E-state index contributed by atoms with van der Waals surface area (Å²) in [6.07, 6.45) is 1.86. The molecule has 0 atom stereocenters. The average Bonchev–Trinajstić information content (AvgIpc) is 3.77. The lowest BCUT2D eigenvalue weighted by atomic mass is 10.0. The molecule has 0 aliphatic carbocycles. The highest BCUT2D eigenvalue weighted by Crippen LogP contribution is 2.39. The Morgan fingerprint density at radius 1 is 0.333 bits per heavy atom. The fourth-order valence-corrected chi connectivity index (χ4v) is 8.18. The monoisotopic (exact) mass is 689 g/mol. The summed E-state index contributed by atoms with van der Waals surface area (Å²) in [6, 6.07) is 64.0. The molecule has 11 aromatic rings. The zero-order chi connectivity index (χ0) is 35.6. The van der Waals surface area contributed by atoms with Crippen molar-refractivity contribution in [3.63, 3.8) is 0 Å². The second-order valence-electron chi connectivity index (χ2n) is 13.7. The summed E-state index contributed by atoms with van der Waals surface area (Å²) in [5.41, 5.74) is 13.6. The number of fused-ring (bicyclic) bond motifs is 7. The topological polar surface area (TPSA) is 48.5 Å². The molecule has 0 saturated carbocycles. The van der Waals surface area contributed by atoms with Crippen molar-refractivity contribution in [1.29, 1.82) is 0 Å². The maximum absolute atomic E-state index is 5.44. The van der Waals surface area contributed by atoms with Gasteiger partial charge >= 0.3 is 0 Å². The molecule has 5 nitrogen and oxygen atoms in total. The number of hydrogen-bond donors (Lipinski definition) is 0. The molecule has 0 N–H and O–H groups in total. The Morgan fingerprint density at radius 2 is 0.741 bits per heavy atom. The van der Waals surface area contributed by atoms with Crippen LogP contribution >= 0.6 is 0 Å². The third kappa shape index (κ3) is 4.69. The van der Waals surface area contributed by atoms with E-state index in [0.717, 1.165) is 78.2 Å². The predicted molar refractivity (Wildman–Crippen MR) is 222 cm³/mol. The third-order valence-electron chi connectivity index (χ3n) is 10.5. The van der Waals surface area contributed by atoms with Crippen molar-refractivity contribution >= 4 is 54.6 Å². The number of pyridine rings is 1. The number of hydrogen-bond acceptors (Lipinski definition) is 3. The van der Waals surface area contributed by atoms with Crippen molar-refractivity contribution in [2.45, 2.75) is 0 Å². The molecule has 0 fully saturated rings. The molecule has 4 aromatic heterocycles. The number of nitrogens with zero attached hydrogens (tertiary/aromatic N) is 5. The van der Waals surface area contributed by atoms with Gasteiger partial charge in [0, 0.05) is 55.8 Å². The predicted octanol–water partition coefficient (Wildman–Crippen LogP) is 12.2. The molecule has 0 bridgehead atoms. The highest BCUT2D eigenvalue weighted by atomic mass is 15.0. The molecule has 0 aliphatic rings. The molecule has 0 saturated heterocycles. The van der Waals surface area contributed by atoms with Crippen LogP contribution in [0.15, 0.2) is 188 Å². The second-order valence-corrected chi connectivity index (χ2v) is 13.7. The summed E-state index contributed by atoms with van der Waals surface area (Å²) in [6.45, 7) is 0. The zero-order valence-corrected chi connectivity index (χ0v) is 29.1. The Bertz CT molecular complexity index is 2970. The summed E-state index contributed by atoms with van der Waals surface area (Å²) in [5.74, 6) is 0. The maximum atomic E-state index is 5.44. The van der Waals surface area contributed by atoms with E-state index in [0.29, 0.717) is 0 Å². The third-order valence-corrected chi connectivity index (χ3v) is 10.5. The van der Waals surface area contributed by atoms with E-state index in [-0.39, 0.29) is 0 Å². The SMILES string of the molecule is c1ccc(-c2nc3ccnc(-c4cc(-n5c6ccccc6c6ccccc65)cc(-n5c6ccccc6c6ccccc65)c4)c3nc2-c2ccccc2)cc1. The number of aromatic nitrogens is 5. The van der Waals surface area contributed by atoms with Gasteiger partial charge in [-0.3, -0.25) is 4.98 Å². The zero-order valence-electron chi connectivity index (χ0n) is 29.1. The normalized spacial score (nSPS) is 11.7. The molecule has 0 spiro atoms. The van der Waals surface area contributed by atoms with Gasteiger partial charge in [0.2, 0.25) is 0 Å². The van der Waals surface area contributed by atoms with Gasteiger partial charge in [0.1, 0.15) is 5.52 Å². The van der Waals surface area contributed by atoms with Crippen LogP contribution in [0, 0.1) is 0 Å². The molecule has 4 heterocycles. The van der Waals surface area contributed by atoms with Gasteiger partial charge in [0.15, 0.2) is 0 Å².